The van der Waals surface area contributed by atoms with Crippen molar-refractivity contribution in [3.05, 3.63) is 47.5 Å². The van der Waals surface area contributed by atoms with Gasteiger partial charge in [-0.15, -0.1) is 6.58 Å². The lowest BCUT2D eigenvalue weighted by Crippen LogP contribution is -2.09. The highest BCUT2D eigenvalue weighted by atomic mass is 35.5. The molecule has 70 valence electrons. The van der Waals surface area contributed by atoms with Gasteiger partial charge in [-0.2, -0.15) is 0 Å². The molecule has 1 unspecified atom stereocenters. The lowest BCUT2D eigenvalue weighted by atomic mass is 10.0. The predicted octanol–water partition coefficient (Wildman–Crippen LogP) is 3.31. The van der Waals surface area contributed by atoms with Gasteiger partial charge in [-0.25, -0.2) is 0 Å². The van der Waals surface area contributed by atoms with Crippen LogP contribution in [0.4, 0.5) is 0 Å². The average Bonchev–Trinajstić information content (AvgIpc) is 2.15. The van der Waals surface area contributed by atoms with E-state index in [1.165, 1.54) is 0 Å². The first-order chi connectivity index (χ1) is 6.24. The largest absolute Gasteiger partial charge is 0.324 e. The van der Waals surface area contributed by atoms with Crippen molar-refractivity contribution in [2.24, 2.45) is 5.73 Å². The summed E-state index contributed by atoms with van der Waals surface area (Å²) >= 11 is 5.76. The highest BCUT2D eigenvalue weighted by Crippen LogP contribution is 2.18. The van der Waals surface area contributed by atoms with Gasteiger partial charge in [0, 0.05) is 11.1 Å². The summed E-state index contributed by atoms with van der Waals surface area (Å²) in [5.41, 5.74) is 7.07. The second-order valence-electron chi connectivity index (χ2n) is 3.02. The summed E-state index contributed by atoms with van der Waals surface area (Å²) in [6.45, 7) is 3.66. The van der Waals surface area contributed by atoms with E-state index in [0.717, 1.165) is 23.4 Å². The maximum absolute atomic E-state index is 5.94. The smallest absolute Gasteiger partial charge is 0.0406 e. The Labute approximate surface area is 84.2 Å². The van der Waals surface area contributed by atoms with Crippen molar-refractivity contribution < 1.29 is 0 Å². The van der Waals surface area contributed by atoms with Gasteiger partial charge < -0.3 is 5.73 Å². The number of allylic oxidation sites excluding steroid dienone is 1. The zero-order chi connectivity index (χ0) is 9.68. The minimum absolute atomic E-state index is 0.0928. The molecule has 0 heterocycles. The lowest BCUT2D eigenvalue weighted by molar-refractivity contribution is 0.661. The molecular formula is C11H14ClN. The molecule has 1 aromatic rings. The Morgan fingerprint density at radius 3 is 2.54 bits per heavy atom. The molecule has 1 aromatic carbocycles. The molecule has 0 bridgehead atoms. The van der Waals surface area contributed by atoms with E-state index in [4.69, 9.17) is 17.3 Å². The Morgan fingerprint density at radius 1 is 1.38 bits per heavy atom. The first-order valence-electron chi connectivity index (χ1n) is 4.36. The van der Waals surface area contributed by atoms with Crippen LogP contribution in [-0.4, -0.2) is 0 Å². The van der Waals surface area contributed by atoms with Gasteiger partial charge in [0.25, 0.3) is 0 Å². The van der Waals surface area contributed by atoms with Crippen molar-refractivity contribution in [3.63, 3.8) is 0 Å². The Bertz CT molecular complexity index is 266. The molecule has 1 rings (SSSR count). The van der Waals surface area contributed by atoms with Crippen molar-refractivity contribution in [3.8, 4) is 0 Å². The summed E-state index contributed by atoms with van der Waals surface area (Å²) in [6.07, 6.45) is 3.77. The second-order valence-corrected chi connectivity index (χ2v) is 3.46. The quantitative estimate of drug-likeness (QED) is 0.733. The van der Waals surface area contributed by atoms with Gasteiger partial charge >= 0.3 is 0 Å². The number of benzene rings is 1. The first kappa shape index (κ1) is 10.3. The Balaban J connectivity index is 2.60. The van der Waals surface area contributed by atoms with Crippen molar-refractivity contribution >= 4 is 11.6 Å². The standard InChI is InChI=1S/C11H14ClN/c1-2-3-4-11(13)9-5-7-10(12)8-6-9/h2,5-8,11H,1,3-4,13H2. The Morgan fingerprint density at radius 2 is 2.00 bits per heavy atom. The fourth-order valence-corrected chi connectivity index (χ4v) is 1.30. The predicted molar refractivity (Wildman–Crippen MR) is 57.8 cm³/mol. The topological polar surface area (TPSA) is 26.0 Å². The summed E-state index contributed by atoms with van der Waals surface area (Å²) in [5.74, 6) is 0. The van der Waals surface area contributed by atoms with E-state index < -0.39 is 0 Å². The van der Waals surface area contributed by atoms with Crippen LogP contribution in [0.25, 0.3) is 0 Å². The van der Waals surface area contributed by atoms with Crippen LogP contribution in [0.15, 0.2) is 36.9 Å². The molecule has 0 fully saturated rings. The van der Waals surface area contributed by atoms with Gasteiger partial charge in [0.15, 0.2) is 0 Å². The van der Waals surface area contributed by atoms with E-state index in [2.05, 4.69) is 6.58 Å². The molecule has 0 aliphatic carbocycles. The molecule has 0 amide bonds. The summed E-state index contributed by atoms with van der Waals surface area (Å²) < 4.78 is 0. The lowest BCUT2D eigenvalue weighted by Gasteiger charge is -2.10. The Kier molecular flexibility index (Phi) is 4.00. The van der Waals surface area contributed by atoms with Gasteiger partial charge in [0.1, 0.15) is 0 Å². The van der Waals surface area contributed by atoms with Gasteiger partial charge in [-0.3, -0.25) is 0 Å². The second kappa shape index (κ2) is 5.05. The van der Waals surface area contributed by atoms with Crippen LogP contribution in [-0.2, 0) is 0 Å². The summed E-state index contributed by atoms with van der Waals surface area (Å²) in [6, 6.07) is 7.76. The summed E-state index contributed by atoms with van der Waals surface area (Å²) in [5, 5.41) is 0.750. The van der Waals surface area contributed by atoms with Crippen molar-refractivity contribution in [1.29, 1.82) is 0 Å². The summed E-state index contributed by atoms with van der Waals surface area (Å²) in [7, 11) is 0. The molecule has 0 aliphatic heterocycles. The minimum atomic E-state index is 0.0928. The maximum Gasteiger partial charge on any atom is 0.0406 e. The van der Waals surface area contributed by atoms with Gasteiger partial charge in [0.05, 0.1) is 0 Å². The molecule has 0 aromatic heterocycles. The SMILES string of the molecule is C=CCCC(N)c1ccc(Cl)cc1. The van der Waals surface area contributed by atoms with Crippen LogP contribution in [0.2, 0.25) is 5.02 Å². The zero-order valence-corrected chi connectivity index (χ0v) is 8.30. The third kappa shape index (κ3) is 3.21. The Hall–Kier alpha value is -0.790. The van der Waals surface area contributed by atoms with E-state index >= 15 is 0 Å². The molecular weight excluding hydrogens is 182 g/mol. The van der Waals surface area contributed by atoms with E-state index in [0.29, 0.717) is 0 Å². The van der Waals surface area contributed by atoms with Crippen LogP contribution in [0.3, 0.4) is 0 Å². The number of rotatable bonds is 4. The van der Waals surface area contributed by atoms with E-state index in [-0.39, 0.29) is 6.04 Å². The van der Waals surface area contributed by atoms with Crippen LogP contribution < -0.4 is 5.73 Å². The van der Waals surface area contributed by atoms with Crippen LogP contribution >= 0.6 is 11.6 Å². The molecule has 13 heavy (non-hydrogen) atoms. The van der Waals surface area contributed by atoms with Crippen LogP contribution in [0.5, 0.6) is 0 Å². The maximum atomic E-state index is 5.94. The zero-order valence-electron chi connectivity index (χ0n) is 7.54. The van der Waals surface area contributed by atoms with E-state index in [1.54, 1.807) is 0 Å². The summed E-state index contributed by atoms with van der Waals surface area (Å²) in [4.78, 5) is 0. The molecule has 2 heteroatoms. The van der Waals surface area contributed by atoms with Gasteiger partial charge in [0.2, 0.25) is 0 Å². The number of halogens is 1. The van der Waals surface area contributed by atoms with Crippen molar-refractivity contribution in [2.75, 3.05) is 0 Å². The van der Waals surface area contributed by atoms with Crippen LogP contribution in [0, 0.1) is 0 Å². The minimum Gasteiger partial charge on any atom is -0.324 e. The monoisotopic (exact) mass is 195 g/mol. The fraction of sp³-hybridized carbons (Fsp3) is 0.273. The van der Waals surface area contributed by atoms with E-state index in [9.17, 15) is 0 Å². The fourth-order valence-electron chi connectivity index (χ4n) is 1.17. The molecule has 2 N–H and O–H groups in total. The average molecular weight is 196 g/mol. The van der Waals surface area contributed by atoms with Crippen LogP contribution in [0.1, 0.15) is 24.4 Å². The molecule has 1 nitrogen and oxygen atoms in total. The molecule has 0 spiro atoms. The first-order valence-corrected chi connectivity index (χ1v) is 4.74. The van der Waals surface area contributed by atoms with Gasteiger partial charge in [-0.05, 0) is 30.5 Å². The normalized spacial score (nSPS) is 12.5. The molecule has 0 aliphatic rings. The van der Waals surface area contributed by atoms with Crippen molar-refractivity contribution in [2.45, 2.75) is 18.9 Å². The van der Waals surface area contributed by atoms with Gasteiger partial charge in [-0.1, -0.05) is 29.8 Å². The van der Waals surface area contributed by atoms with E-state index in [1.807, 2.05) is 30.3 Å². The van der Waals surface area contributed by atoms with Crippen molar-refractivity contribution in [1.82, 2.24) is 0 Å². The molecule has 0 saturated carbocycles. The molecule has 1 atom stereocenters. The number of hydrogen-bond donors (Lipinski definition) is 1. The molecule has 0 radical (unpaired) electrons. The third-order valence-corrected chi connectivity index (χ3v) is 2.23. The number of hydrogen-bond acceptors (Lipinski definition) is 1. The number of nitrogens with two attached hydrogens (primary N) is 1. The highest BCUT2D eigenvalue weighted by molar-refractivity contribution is 6.30. The molecule has 0 saturated heterocycles. The third-order valence-electron chi connectivity index (χ3n) is 1.98. The highest BCUT2D eigenvalue weighted by Gasteiger charge is 2.03.